The zero-order valence-electron chi connectivity index (χ0n) is 11.5. The van der Waals surface area contributed by atoms with E-state index in [1.54, 1.807) is 12.2 Å². The van der Waals surface area contributed by atoms with E-state index in [-0.39, 0.29) is 21.8 Å². The fourth-order valence-corrected chi connectivity index (χ4v) is 1.76. The van der Waals surface area contributed by atoms with Crippen LogP contribution in [-0.4, -0.2) is 21.9 Å². The molecule has 0 fully saturated rings. The summed E-state index contributed by atoms with van der Waals surface area (Å²) in [6.07, 6.45) is 5.17. The van der Waals surface area contributed by atoms with Gasteiger partial charge in [0.15, 0.2) is 0 Å². The lowest BCUT2D eigenvalue weighted by Crippen LogP contribution is -2.27. The van der Waals surface area contributed by atoms with Gasteiger partial charge in [-0.2, -0.15) is 5.11 Å². The third kappa shape index (κ3) is 4.29. The molecule has 1 aliphatic carbocycles. The number of hydrogen-bond acceptors (Lipinski definition) is 4. The molecule has 0 spiro atoms. The van der Waals surface area contributed by atoms with Crippen LogP contribution in [-0.2, 0) is 4.79 Å². The molecule has 100 valence electrons. The molecule has 0 aromatic heterocycles. The molecular formula is C13H20N2O2S. The van der Waals surface area contributed by atoms with Crippen LogP contribution >= 0.6 is 11.9 Å². The van der Waals surface area contributed by atoms with Gasteiger partial charge in [0.05, 0.1) is 11.6 Å². The van der Waals surface area contributed by atoms with Crippen LogP contribution in [0.4, 0.5) is 0 Å². The van der Waals surface area contributed by atoms with E-state index in [2.05, 4.69) is 30.4 Å². The average Bonchev–Trinajstić information content (AvgIpc) is 2.18. The highest BCUT2D eigenvalue weighted by molar-refractivity contribution is 7.99. The van der Waals surface area contributed by atoms with Crippen molar-refractivity contribution in [2.45, 2.75) is 45.4 Å². The summed E-state index contributed by atoms with van der Waals surface area (Å²) in [5, 5.41) is 13.2. The van der Waals surface area contributed by atoms with Gasteiger partial charge in [-0.3, -0.25) is 0 Å². The summed E-state index contributed by atoms with van der Waals surface area (Å²) in [6.45, 7) is 10.2. The van der Waals surface area contributed by atoms with Gasteiger partial charge in [-0.25, -0.2) is 4.79 Å². The van der Waals surface area contributed by atoms with Gasteiger partial charge in [0.2, 0.25) is 0 Å². The van der Waals surface area contributed by atoms with Crippen LogP contribution in [0.25, 0.3) is 0 Å². The predicted molar refractivity (Wildman–Crippen MR) is 74.6 cm³/mol. The molecule has 0 aliphatic heterocycles. The van der Waals surface area contributed by atoms with Gasteiger partial charge in [0.1, 0.15) is 0 Å². The van der Waals surface area contributed by atoms with E-state index in [0.717, 1.165) is 0 Å². The summed E-state index contributed by atoms with van der Waals surface area (Å²) < 4.78 is 4.14. The molecule has 5 heteroatoms. The van der Waals surface area contributed by atoms with Crippen molar-refractivity contribution in [1.82, 2.24) is 0 Å². The molecule has 0 saturated heterocycles. The van der Waals surface area contributed by atoms with Crippen molar-refractivity contribution in [3.63, 3.8) is 0 Å². The maximum Gasteiger partial charge on any atom is 0.335 e. The lowest BCUT2D eigenvalue weighted by molar-refractivity contribution is -0.132. The van der Waals surface area contributed by atoms with Gasteiger partial charge >= 0.3 is 5.97 Å². The quantitative estimate of drug-likeness (QED) is 0.624. The Morgan fingerprint density at radius 1 is 1.44 bits per heavy atom. The van der Waals surface area contributed by atoms with Crippen LogP contribution in [0.15, 0.2) is 33.4 Å². The second-order valence-corrected chi connectivity index (χ2v) is 7.50. The molecule has 0 amide bonds. The Bertz CT molecular complexity index is 417. The Labute approximate surface area is 112 Å². The van der Waals surface area contributed by atoms with E-state index in [0.29, 0.717) is 0 Å². The lowest BCUT2D eigenvalue weighted by atomic mass is 9.80. The van der Waals surface area contributed by atoms with Crippen molar-refractivity contribution in [2.24, 2.45) is 15.0 Å². The molecule has 0 heterocycles. The SMILES string of the molecule is CC(C)(C)SN=NC1C=C(C(=O)O)C=CC1(C)C. The average molecular weight is 268 g/mol. The van der Waals surface area contributed by atoms with Crippen LogP contribution in [0, 0.1) is 5.41 Å². The summed E-state index contributed by atoms with van der Waals surface area (Å²) in [7, 11) is 0. The lowest BCUT2D eigenvalue weighted by Gasteiger charge is -2.28. The van der Waals surface area contributed by atoms with Gasteiger partial charge < -0.3 is 5.11 Å². The Kier molecular flexibility index (Phi) is 4.37. The fourth-order valence-electron chi connectivity index (χ4n) is 1.37. The van der Waals surface area contributed by atoms with Gasteiger partial charge in [-0.05, 0) is 26.8 Å². The van der Waals surface area contributed by atoms with Crippen LogP contribution in [0.2, 0.25) is 0 Å². The van der Waals surface area contributed by atoms with E-state index in [9.17, 15) is 4.79 Å². The third-order valence-corrected chi connectivity index (χ3v) is 3.25. The van der Waals surface area contributed by atoms with E-state index in [4.69, 9.17) is 5.11 Å². The topological polar surface area (TPSA) is 62.0 Å². The van der Waals surface area contributed by atoms with Gasteiger partial charge in [0.25, 0.3) is 0 Å². The smallest absolute Gasteiger partial charge is 0.335 e. The fraction of sp³-hybridized carbons (Fsp3) is 0.615. The number of nitrogens with zero attached hydrogens (tertiary/aromatic N) is 2. The summed E-state index contributed by atoms with van der Waals surface area (Å²) in [6, 6.07) is -0.233. The molecule has 0 radical (unpaired) electrons. The minimum absolute atomic E-state index is 0.0114. The molecule has 0 aromatic rings. The predicted octanol–water partition coefficient (Wildman–Crippen LogP) is 3.86. The van der Waals surface area contributed by atoms with Gasteiger partial charge in [0, 0.05) is 22.1 Å². The summed E-state index contributed by atoms with van der Waals surface area (Å²) in [4.78, 5) is 10.9. The molecule has 1 atom stereocenters. The summed E-state index contributed by atoms with van der Waals surface area (Å²) in [5.74, 6) is -0.926. The first kappa shape index (κ1) is 15.0. The van der Waals surface area contributed by atoms with Crippen molar-refractivity contribution in [1.29, 1.82) is 0 Å². The Hall–Kier alpha value is -1.10. The molecule has 0 bridgehead atoms. The molecule has 0 aromatic carbocycles. The Balaban J connectivity index is 2.84. The largest absolute Gasteiger partial charge is 0.478 e. The van der Waals surface area contributed by atoms with E-state index in [1.807, 2.05) is 19.9 Å². The maximum atomic E-state index is 10.9. The molecule has 18 heavy (non-hydrogen) atoms. The minimum Gasteiger partial charge on any atom is -0.478 e. The molecule has 1 N–H and O–H groups in total. The highest BCUT2D eigenvalue weighted by Gasteiger charge is 2.30. The van der Waals surface area contributed by atoms with Crippen molar-refractivity contribution in [2.75, 3.05) is 0 Å². The Morgan fingerprint density at radius 2 is 2.06 bits per heavy atom. The van der Waals surface area contributed by atoms with E-state index >= 15 is 0 Å². The second kappa shape index (κ2) is 5.26. The molecule has 0 saturated carbocycles. The zero-order valence-corrected chi connectivity index (χ0v) is 12.3. The minimum atomic E-state index is -0.926. The van der Waals surface area contributed by atoms with Crippen molar-refractivity contribution in [3.8, 4) is 0 Å². The molecule has 1 aliphatic rings. The van der Waals surface area contributed by atoms with Crippen LogP contribution in [0.1, 0.15) is 34.6 Å². The number of carboxylic acids is 1. The third-order valence-electron chi connectivity index (χ3n) is 2.53. The first-order valence-corrected chi connectivity index (χ1v) is 6.62. The zero-order chi connectivity index (χ0) is 14.0. The second-order valence-electron chi connectivity index (χ2n) is 5.93. The Morgan fingerprint density at radius 3 is 2.56 bits per heavy atom. The van der Waals surface area contributed by atoms with E-state index < -0.39 is 5.97 Å². The van der Waals surface area contributed by atoms with Crippen molar-refractivity contribution >= 4 is 17.9 Å². The highest BCUT2D eigenvalue weighted by Crippen LogP contribution is 2.33. The number of carbonyl (C=O) groups is 1. The normalized spacial score (nSPS) is 23.2. The van der Waals surface area contributed by atoms with Crippen molar-refractivity contribution < 1.29 is 9.90 Å². The summed E-state index contributed by atoms with van der Waals surface area (Å²) in [5.41, 5.74) is 0.0694. The molecule has 1 unspecified atom stereocenters. The van der Waals surface area contributed by atoms with E-state index in [1.165, 1.54) is 11.9 Å². The number of hydrogen-bond donors (Lipinski definition) is 1. The van der Waals surface area contributed by atoms with Gasteiger partial charge in [-0.15, -0.1) is 4.52 Å². The van der Waals surface area contributed by atoms with Crippen LogP contribution < -0.4 is 0 Å². The number of aliphatic carboxylic acids is 1. The molecule has 4 nitrogen and oxygen atoms in total. The highest BCUT2D eigenvalue weighted by atomic mass is 32.2. The number of rotatable bonds is 3. The first-order valence-electron chi connectivity index (χ1n) is 5.84. The monoisotopic (exact) mass is 268 g/mol. The maximum absolute atomic E-state index is 10.9. The summed E-state index contributed by atoms with van der Waals surface area (Å²) >= 11 is 1.40. The first-order chi connectivity index (χ1) is 8.12. The molecule has 1 rings (SSSR count). The van der Waals surface area contributed by atoms with Crippen LogP contribution in [0.3, 0.4) is 0 Å². The van der Waals surface area contributed by atoms with Gasteiger partial charge in [-0.1, -0.05) is 26.0 Å². The standard InChI is InChI=1S/C13H20N2O2S/c1-12(2,3)18-15-14-10-8-9(11(16)17)6-7-13(10,4)5/h6-8,10H,1-5H3,(H,16,17). The molecular weight excluding hydrogens is 248 g/mol. The van der Waals surface area contributed by atoms with Crippen molar-refractivity contribution in [3.05, 3.63) is 23.8 Å². The van der Waals surface area contributed by atoms with Crippen LogP contribution in [0.5, 0.6) is 0 Å². The number of carboxylic acid groups (broad SMARTS) is 1.